The summed E-state index contributed by atoms with van der Waals surface area (Å²) in [5, 5.41) is 16.7. The van der Waals surface area contributed by atoms with Gasteiger partial charge in [-0.1, -0.05) is 0 Å². The molecular formula is CHO4Zr+. The SMILES string of the molecule is O=C([O-])[O-].[OH-].[Zr+4]. The third-order valence-electron chi connectivity index (χ3n) is 0. The van der Waals surface area contributed by atoms with Crippen LogP contribution < -0.4 is 10.2 Å². The largest absolute Gasteiger partial charge is 4.00 e. The van der Waals surface area contributed by atoms with Crippen molar-refractivity contribution in [2.24, 2.45) is 0 Å². The van der Waals surface area contributed by atoms with Gasteiger partial charge in [-0.05, 0) is 6.16 Å². The molecule has 0 fully saturated rings. The number of hydrogen-bond acceptors (Lipinski definition) is 4. The van der Waals surface area contributed by atoms with Gasteiger partial charge in [0.05, 0.1) is 0 Å². The van der Waals surface area contributed by atoms with Gasteiger partial charge in [0.15, 0.2) is 0 Å². The topological polar surface area (TPSA) is 93.2 Å². The minimum Gasteiger partial charge on any atom is -0.870 e. The molecule has 0 aliphatic heterocycles. The molecule has 0 aliphatic carbocycles. The van der Waals surface area contributed by atoms with E-state index in [0.29, 0.717) is 0 Å². The van der Waals surface area contributed by atoms with Crippen LogP contribution in [0.3, 0.4) is 0 Å². The van der Waals surface area contributed by atoms with Crippen LogP contribution in [0, 0.1) is 0 Å². The van der Waals surface area contributed by atoms with Crippen molar-refractivity contribution in [1.82, 2.24) is 0 Å². The van der Waals surface area contributed by atoms with Gasteiger partial charge < -0.3 is 20.5 Å². The van der Waals surface area contributed by atoms with E-state index in [-0.39, 0.29) is 31.7 Å². The fourth-order valence-electron chi connectivity index (χ4n) is 0. The summed E-state index contributed by atoms with van der Waals surface area (Å²) in [7, 11) is 0. The molecule has 0 rings (SSSR count). The molecule has 32 valence electrons. The van der Waals surface area contributed by atoms with Gasteiger partial charge in [-0.25, -0.2) is 0 Å². The first-order valence-electron chi connectivity index (χ1n) is 0.612. The van der Waals surface area contributed by atoms with E-state index in [1.807, 2.05) is 0 Å². The zero-order valence-electron chi connectivity index (χ0n) is 2.67. The Balaban J connectivity index is -0.0000000450. The van der Waals surface area contributed by atoms with Crippen molar-refractivity contribution in [3.8, 4) is 0 Å². The predicted molar refractivity (Wildman–Crippen MR) is 7.33 cm³/mol. The van der Waals surface area contributed by atoms with E-state index in [9.17, 15) is 0 Å². The Bertz CT molecular complexity index is 30.5. The zero-order valence-corrected chi connectivity index (χ0v) is 5.13. The van der Waals surface area contributed by atoms with E-state index in [2.05, 4.69) is 0 Å². The first-order valence-corrected chi connectivity index (χ1v) is 0.612. The van der Waals surface area contributed by atoms with Gasteiger partial charge in [-0.3, -0.25) is 0 Å². The molecule has 0 radical (unpaired) electrons. The van der Waals surface area contributed by atoms with Crippen LogP contribution in [0.15, 0.2) is 0 Å². The van der Waals surface area contributed by atoms with Crippen LogP contribution in [0.5, 0.6) is 0 Å². The van der Waals surface area contributed by atoms with Crippen LogP contribution in [0.4, 0.5) is 4.79 Å². The van der Waals surface area contributed by atoms with Crippen molar-refractivity contribution in [2.45, 2.75) is 0 Å². The molecule has 0 unspecified atom stereocenters. The number of hydrogen-bond donors (Lipinski definition) is 0. The van der Waals surface area contributed by atoms with E-state index in [0.717, 1.165) is 0 Å². The molecule has 0 heterocycles. The summed E-state index contributed by atoms with van der Waals surface area (Å²) in [6, 6.07) is 0. The van der Waals surface area contributed by atoms with Crippen molar-refractivity contribution < 1.29 is 46.7 Å². The van der Waals surface area contributed by atoms with E-state index in [1.54, 1.807) is 0 Å². The summed E-state index contributed by atoms with van der Waals surface area (Å²) in [5.74, 6) is 0. The summed E-state index contributed by atoms with van der Waals surface area (Å²) in [4.78, 5) is 8.33. The summed E-state index contributed by atoms with van der Waals surface area (Å²) >= 11 is 0. The molecule has 0 aromatic rings. The zero-order chi connectivity index (χ0) is 3.58. The predicted octanol–water partition coefficient (Wildman–Crippen LogP) is -2.63. The molecule has 0 aliphatic rings. The fraction of sp³-hybridized carbons (Fsp3) is 0. The standard InChI is InChI=1S/CH2O3.H2O.Zr/c2-1(3)4;;/h(H2,2,3,4);1H2;/q;;+4/p-3. The Kier molecular flexibility index (Phi) is 24.5. The van der Waals surface area contributed by atoms with Gasteiger partial charge in [0.2, 0.25) is 0 Å². The Labute approximate surface area is 53.2 Å². The fourth-order valence-corrected chi connectivity index (χ4v) is 0. The summed E-state index contributed by atoms with van der Waals surface area (Å²) < 4.78 is 0. The van der Waals surface area contributed by atoms with Crippen LogP contribution in [0.25, 0.3) is 0 Å². The molecule has 0 saturated heterocycles. The molecule has 0 amide bonds. The second-order valence-corrected chi connectivity index (χ2v) is 0.250. The molecule has 0 saturated carbocycles. The Morgan fingerprint density at radius 2 is 1.33 bits per heavy atom. The van der Waals surface area contributed by atoms with Crippen molar-refractivity contribution in [3.63, 3.8) is 0 Å². The Morgan fingerprint density at radius 3 is 1.33 bits per heavy atom. The number of carbonyl (C=O) groups excluding carboxylic acids is 1. The Hall–Kier alpha value is 0.113. The van der Waals surface area contributed by atoms with Crippen LogP contribution in [-0.4, -0.2) is 11.6 Å². The Morgan fingerprint density at radius 1 is 1.33 bits per heavy atom. The van der Waals surface area contributed by atoms with Crippen LogP contribution in [0.2, 0.25) is 0 Å². The van der Waals surface area contributed by atoms with Gasteiger partial charge in [-0.15, -0.1) is 0 Å². The van der Waals surface area contributed by atoms with Crippen molar-refractivity contribution in [1.29, 1.82) is 0 Å². The number of carbonyl (C=O) groups is 1. The van der Waals surface area contributed by atoms with Crippen molar-refractivity contribution in [3.05, 3.63) is 0 Å². The maximum absolute atomic E-state index is 8.33. The van der Waals surface area contributed by atoms with Gasteiger partial charge in [0, 0.05) is 0 Å². The molecule has 0 atom stereocenters. The second kappa shape index (κ2) is 8.93. The molecule has 1 N–H and O–H groups in total. The summed E-state index contributed by atoms with van der Waals surface area (Å²) in [6.07, 6.45) is -2.33. The summed E-state index contributed by atoms with van der Waals surface area (Å²) in [6.45, 7) is 0. The van der Waals surface area contributed by atoms with Crippen molar-refractivity contribution in [2.75, 3.05) is 0 Å². The first kappa shape index (κ1) is 16.5. The molecule has 0 spiro atoms. The third kappa shape index (κ3) is 3120. The maximum atomic E-state index is 8.33. The van der Waals surface area contributed by atoms with Crippen LogP contribution in [-0.2, 0) is 26.2 Å². The van der Waals surface area contributed by atoms with Crippen molar-refractivity contribution >= 4 is 6.16 Å². The first-order chi connectivity index (χ1) is 1.73. The smallest absolute Gasteiger partial charge is 0.870 e. The van der Waals surface area contributed by atoms with Gasteiger partial charge in [-0.2, -0.15) is 0 Å². The number of carboxylic acid groups (broad SMARTS) is 2. The number of rotatable bonds is 0. The van der Waals surface area contributed by atoms with Gasteiger partial charge >= 0.3 is 26.2 Å². The average Bonchev–Trinajstić information content (AvgIpc) is 0.811. The monoisotopic (exact) mass is 167 g/mol. The molecule has 5 heteroatoms. The van der Waals surface area contributed by atoms with E-state index >= 15 is 0 Å². The summed E-state index contributed by atoms with van der Waals surface area (Å²) in [5.41, 5.74) is 0. The van der Waals surface area contributed by atoms with Crippen LogP contribution in [0.1, 0.15) is 0 Å². The second-order valence-electron chi connectivity index (χ2n) is 0.250. The van der Waals surface area contributed by atoms with Gasteiger partial charge in [0.25, 0.3) is 0 Å². The van der Waals surface area contributed by atoms with Gasteiger partial charge in [0.1, 0.15) is 0 Å². The minimum absolute atomic E-state index is 0. The van der Waals surface area contributed by atoms with E-state index in [1.165, 1.54) is 0 Å². The molecule has 4 nitrogen and oxygen atoms in total. The molecular weight excluding hydrogens is 167 g/mol. The van der Waals surface area contributed by atoms with Crippen LogP contribution >= 0.6 is 0 Å². The minimum atomic E-state index is -2.33. The molecule has 0 aromatic carbocycles. The molecule has 0 aromatic heterocycles. The third-order valence-corrected chi connectivity index (χ3v) is 0. The maximum Gasteiger partial charge on any atom is 4.00 e. The molecule has 6 heavy (non-hydrogen) atoms. The quantitative estimate of drug-likeness (QED) is 0.395. The average molecular weight is 168 g/mol. The molecule has 0 bridgehead atoms. The van der Waals surface area contributed by atoms with E-state index < -0.39 is 6.16 Å². The van der Waals surface area contributed by atoms with E-state index in [4.69, 9.17) is 15.0 Å². The normalized spacial score (nSPS) is 4.00.